The number of aliphatic hydroxyl groups is 1. The molecule has 9 nitrogen and oxygen atoms in total. The molecule has 1 fully saturated rings. The van der Waals surface area contributed by atoms with Crippen LogP contribution in [0, 0.1) is 0 Å². The summed E-state index contributed by atoms with van der Waals surface area (Å²) in [5.41, 5.74) is 1.46. The number of carbonyl (C=O) groups excluding carboxylic acids is 3. The van der Waals surface area contributed by atoms with Crippen molar-refractivity contribution in [1.82, 2.24) is 0 Å². The van der Waals surface area contributed by atoms with E-state index >= 15 is 0 Å². The lowest BCUT2D eigenvalue weighted by atomic mass is 9.94. The summed E-state index contributed by atoms with van der Waals surface area (Å²) in [6, 6.07) is 17.2. The molecule has 0 bridgehead atoms. The van der Waals surface area contributed by atoms with Gasteiger partial charge in [0.2, 0.25) is 5.91 Å². The molecule has 9 heteroatoms. The van der Waals surface area contributed by atoms with E-state index in [1.54, 1.807) is 66.7 Å². The van der Waals surface area contributed by atoms with E-state index in [1.165, 1.54) is 33.2 Å². The second kappa shape index (κ2) is 10.4. The summed E-state index contributed by atoms with van der Waals surface area (Å²) in [6.45, 7) is 1.37. The molecule has 1 heterocycles. The molecule has 190 valence electrons. The molecule has 0 aromatic heterocycles. The summed E-state index contributed by atoms with van der Waals surface area (Å²) in [6.07, 6.45) is 0. The van der Waals surface area contributed by atoms with E-state index in [4.69, 9.17) is 14.2 Å². The van der Waals surface area contributed by atoms with Crippen molar-refractivity contribution in [3.05, 3.63) is 83.4 Å². The molecule has 1 aliphatic heterocycles. The maximum atomic E-state index is 13.5. The van der Waals surface area contributed by atoms with E-state index < -0.39 is 23.5 Å². The van der Waals surface area contributed by atoms with Gasteiger partial charge in [0, 0.05) is 24.4 Å². The fourth-order valence-corrected chi connectivity index (χ4v) is 4.30. The van der Waals surface area contributed by atoms with Crippen LogP contribution < -0.4 is 24.4 Å². The molecule has 1 atom stereocenters. The number of rotatable bonds is 7. The van der Waals surface area contributed by atoms with Crippen molar-refractivity contribution < 1.29 is 33.7 Å². The lowest BCUT2D eigenvalue weighted by Gasteiger charge is -2.26. The molecule has 2 N–H and O–H groups in total. The Morgan fingerprint density at radius 3 is 2.27 bits per heavy atom. The molecule has 3 aromatic carbocycles. The molecule has 4 rings (SSSR count). The van der Waals surface area contributed by atoms with E-state index in [-0.39, 0.29) is 22.8 Å². The van der Waals surface area contributed by atoms with Gasteiger partial charge in [-0.15, -0.1) is 0 Å². The Bertz CT molecular complexity index is 1410. The minimum Gasteiger partial charge on any atom is -0.507 e. The number of methoxy groups -OCH3 is 3. The van der Waals surface area contributed by atoms with Gasteiger partial charge in [-0.05, 0) is 48.0 Å². The van der Waals surface area contributed by atoms with Crippen molar-refractivity contribution in [2.24, 2.45) is 0 Å². The average Bonchev–Trinajstić information content (AvgIpc) is 3.17. The zero-order valence-electron chi connectivity index (χ0n) is 20.8. The molecular weight excluding hydrogens is 476 g/mol. The van der Waals surface area contributed by atoms with Crippen molar-refractivity contribution in [2.75, 3.05) is 31.5 Å². The smallest absolute Gasteiger partial charge is 0.300 e. The number of Topliss-reactive ketones (excluding diaryl/α,β-unsaturated/α-hetero) is 1. The highest BCUT2D eigenvalue weighted by Gasteiger charge is 2.47. The Kier molecular flexibility index (Phi) is 7.15. The van der Waals surface area contributed by atoms with E-state index in [2.05, 4.69) is 5.32 Å². The number of nitrogens with one attached hydrogen (secondary N) is 1. The maximum absolute atomic E-state index is 13.5. The molecule has 2 amide bonds. The molecule has 1 saturated heterocycles. The molecular formula is C28H26N2O7. The SMILES string of the molecule is COc1cccc(C2/C(=C(/O)c3ccc(OC)cc3OC)C(=O)C(=O)N2c2cccc(NC(C)=O)c2)c1. The summed E-state index contributed by atoms with van der Waals surface area (Å²) in [5, 5.41) is 14.1. The number of nitrogens with zero attached hydrogens (tertiary/aromatic N) is 1. The molecule has 0 saturated carbocycles. The number of hydrogen-bond acceptors (Lipinski definition) is 7. The lowest BCUT2D eigenvalue weighted by molar-refractivity contribution is -0.132. The largest absolute Gasteiger partial charge is 0.507 e. The van der Waals surface area contributed by atoms with Crippen molar-refractivity contribution in [3.63, 3.8) is 0 Å². The van der Waals surface area contributed by atoms with Gasteiger partial charge in [0.25, 0.3) is 11.7 Å². The first-order chi connectivity index (χ1) is 17.8. The first-order valence-electron chi connectivity index (χ1n) is 11.3. The van der Waals surface area contributed by atoms with Crippen LogP contribution in [0.3, 0.4) is 0 Å². The third-order valence-corrected chi connectivity index (χ3v) is 5.96. The van der Waals surface area contributed by atoms with Crippen LogP contribution in [0.15, 0.2) is 72.3 Å². The van der Waals surface area contributed by atoms with Crippen LogP contribution >= 0.6 is 0 Å². The predicted octanol–water partition coefficient (Wildman–Crippen LogP) is 4.30. The zero-order valence-corrected chi connectivity index (χ0v) is 20.8. The molecule has 1 aliphatic rings. The van der Waals surface area contributed by atoms with Gasteiger partial charge < -0.3 is 24.6 Å². The summed E-state index contributed by atoms with van der Waals surface area (Å²) < 4.78 is 16.0. The molecule has 3 aromatic rings. The molecule has 37 heavy (non-hydrogen) atoms. The van der Waals surface area contributed by atoms with Gasteiger partial charge in [0.1, 0.15) is 23.0 Å². The van der Waals surface area contributed by atoms with Gasteiger partial charge >= 0.3 is 0 Å². The highest BCUT2D eigenvalue weighted by Crippen LogP contribution is 2.44. The van der Waals surface area contributed by atoms with E-state index in [0.717, 1.165) is 0 Å². The number of ether oxygens (including phenoxy) is 3. The Labute approximate surface area is 213 Å². The Morgan fingerprint density at radius 1 is 0.892 bits per heavy atom. The van der Waals surface area contributed by atoms with Crippen molar-refractivity contribution >= 4 is 34.7 Å². The van der Waals surface area contributed by atoms with Gasteiger partial charge in [-0.3, -0.25) is 19.3 Å². The average molecular weight is 503 g/mol. The topological polar surface area (TPSA) is 114 Å². The first kappa shape index (κ1) is 25.3. The van der Waals surface area contributed by atoms with Crippen LogP contribution in [-0.4, -0.2) is 44.0 Å². The minimum atomic E-state index is -0.991. The highest BCUT2D eigenvalue weighted by molar-refractivity contribution is 6.51. The first-order valence-corrected chi connectivity index (χ1v) is 11.3. The Morgan fingerprint density at radius 2 is 1.59 bits per heavy atom. The Hall–Kier alpha value is -4.79. The molecule has 0 radical (unpaired) electrons. The number of carbonyl (C=O) groups is 3. The minimum absolute atomic E-state index is 0.119. The van der Waals surface area contributed by atoms with Gasteiger partial charge in [0.05, 0.1) is 38.5 Å². The van der Waals surface area contributed by atoms with Crippen molar-refractivity contribution in [1.29, 1.82) is 0 Å². The van der Waals surface area contributed by atoms with Gasteiger partial charge in [-0.25, -0.2) is 0 Å². The quantitative estimate of drug-likeness (QED) is 0.281. The number of anilines is 2. The molecule has 0 spiro atoms. The van der Waals surface area contributed by atoms with E-state index in [1.807, 2.05) is 0 Å². The van der Waals surface area contributed by atoms with Gasteiger partial charge in [0.15, 0.2) is 0 Å². The number of aliphatic hydroxyl groups excluding tert-OH is 1. The standard InChI is InChI=1S/C28H26N2O7/c1-16(31)29-18-8-6-9-19(14-18)30-25(17-7-5-10-20(13-17)35-2)24(27(33)28(30)34)26(32)22-12-11-21(36-3)15-23(22)37-4/h5-15,25,32H,1-4H3,(H,29,31)/b26-24-. The van der Waals surface area contributed by atoms with Crippen LogP contribution in [0.1, 0.15) is 24.1 Å². The molecule has 0 aliphatic carbocycles. The zero-order chi connectivity index (χ0) is 26.7. The number of ketones is 1. The van der Waals surface area contributed by atoms with Gasteiger partial charge in [-0.1, -0.05) is 18.2 Å². The number of hydrogen-bond donors (Lipinski definition) is 2. The maximum Gasteiger partial charge on any atom is 0.300 e. The van der Waals surface area contributed by atoms with Crippen LogP contribution in [-0.2, 0) is 14.4 Å². The highest BCUT2D eigenvalue weighted by atomic mass is 16.5. The van der Waals surface area contributed by atoms with Crippen LogP contribution in [0.2, 0.25) is 0 Å². The van der Waals surface area contributed by atoms with Crippen molar-refractivity contribution in [2.45, 2.75) is 13.0 Å². The fraction of sp³-hybridized carbons (Fsp3) is 0.179. The number of benzene rings is 3. The summed E-state index contributed by atoms with van der Waals surface area (Å²) in [7, 11) is 4.43. The predicted molar refractivity (Wildman–Crippen MR) is 138 cm³/mol. The Balaban J connectivity index is 1.96. The van der Waals surface area contributed by atoms with Crippen LogP contribution in [0.5, 0.6) is 17.2 Å². The van der Waals surface area contributed by atoms with E-state index in [0.29, 0.717) is 28.4 Å². The summed E-state index contributed by atoms with van der Waals surface area (Å²) in [4.78, 5) is 39.8. The fourth-order valence-electron chi connectivity index (χ4n) is 4.30. The third-order valence-electron chi connectivity index (χ3n) is 5.96. The normalized spacial score (nSPS) is 16.4. The summed E-state index contributed by atoms with van der Waals surface area (Å²) >= 11 is 0. The third kappa shape index (κ3) is 4.84. The second-order valence-electron chi connectivity index (χ2n) is 8.24. The monoisotopic (exact) mass is 502 g/mol. The molecule has 1 unspecified atom stereocenters. The van der Waals surface area contributed by atoms with Gasteiger partial charge in [-0.2, -0.15) is 0 Å². The van der Waals surface area contributed by atoms with Crippen LogP contribution in [0.4, 0.5) is 11.4 Å². The summed E-state index contributed by atoms with van der Waals surface area (Å²) in [5.74, 6) is -1.11. The van der Waals surface area contributed by atoms with Crippen molar-refractivity contribution in [3.8, 4) is 17.2 Å². The lowest BCUT2D eigenvalue weighted by Crippen LogP contribution is -2.29. The van der Waals surface area contributed by atoms with E-state index in [9.17, 15) is 19.5 Å². The van der Waals surface area contributed by atoms with Crippen LogP contribution in [0.25, 0.3) is 5.76 Å². The second-order valence-corrected chi connectivity index (χ2v) is 8.24. The number of amides is 2.